The van der Waals surface area contributed by atoms with Crippen molar-refractivity contribution in [2.75, 3.05) is 25.0 Å². The summed E-state index contributed by atoms with van der Waals surface area (Å²) in [4.78, 5) is 13.5. The average molecular weight is 263 g/mol. The van der Waals surface area contributed by atoms with Crippen LogP contribution >= 0.6 is 0 Å². The molecule has 0 bridgehead atoms. The zero-order chi connectivity index (χ0) is 14.3. The highest BCUT2D eigenvalue weighted by Gasteiger charge is 2.06. The Morgan fingerprint density at radius 3 is 2.42 bits per heavy atom. The topological polar surface area (TPSA) is 44.4 Å². The summed E-state index contributed by atoms with van der Waals surface area (Å²) in [5, 5.41) is 6.18. The van der Waals surface area contributed by atoms with Crippen molar-refractivity contribution in [1.82, 2.24) is 10.6 Å². The molecule has 0 unspecified atom stereocenters. The van der Waals surface area contributed by atoms with Crippen molar-refractivity contribution in [3.8, 4) is 0 Å². The lowest BCUT2D eigenvalue weighted by molar-refractivity contribution is -0.119. The second-order valence-corrected chi connectivity index (χ2v) is 5.01. The number of amides is 1. The number of rotatable bonds is 7. The van der Waals surface area contributed by atoms with Gasteiger partial charge >= 0.3 is 0 Å². The summed E-state index contributed by atoms with van der Waals surface area (Å²) in [6.45, 7) is 8.12. The van der Waals surface area contributed by atoms with Gasteiger partial charge in [-0.05, 0) is 24.6 Å². The van der Waals surface area contributed by atoms with Crippen LogP contribution in [-0.4, -0.2) is 32.1 Å². The molecular formula is C15H25N3O. The first kappa shape index (κ1) is 15.5. The van der Waals surface area contributed by atoms with Crippen LogP contribution in [0.3, 0.4) is 0 Å². The Labute approximate surface area is 116 Å². The minimum absolute atomic E-state index is 0.0514. The lowest BCUT2D eigenvalue weighted by atomic mass is 10.2. The Morgan fingerprint density at radius 2 is 1.89 bits per heavy atom. The van der Waals surface area contributed by atoms with Crippen molar-refractivity contribution in [2.24, 2.45) is 0 Å². The molecule has 4 nitrogen and oxygen atoms in total. The standard InChI is InChI=1S/C15H25N3O/c1-5-16-15(19)11-18(4)14-8-6-13(7-9-14)10-17-12(2)3/h6-9,12,17H,5,10-11H2,1-4H3,(H,16,19). The first-order valence-corrected chi connectivity index (χ1v) is 6.83. The third-order valence-electron chi connectivity index (χ3n) is 2.85. The predicted molar refractivity (Wildman–Crippen MR) is 80.4 cm³/mol. The highest BCUT2D eigenvalue weighted by molar-refractivity contribution is 5.81. The van der Waals surface area contributed by atoms with Gasteiger partial charge in [0.1, 0.15) is 0 Å². The molecule has 2 N–H and O–H groups in total. The predicted octanol–water partition coefficient (Wildman–Crippen LogP) is 1.76. The maximum Gasteiger partial charge on any atom is 0.239 e. The van der Waals surface area contributed by atoms with E-state index < -0.39 is 0 Å². The Morgan fingerprint density at radius 1 is 1.26 bits per heavy atom. The van der Waals surface area contributed by atoms with Gasteiger partial charge in [0.25, 0.3) is 0 Å². The zero-order valence-corrected chi connectivity index (χ0v) is 12.4. The summed E-state index contributed by atoms with van der Waals surface area (Å²) in [7, 11) is 1.93. The van der Waals surface area contributed by atoms with E-state index >= 15 is 0 Å². The van der Waals surface area contributed by atoms with Gasteiger partial charge in [0.2, 0.25) is 5.91 Å². The molecule has 0 fully saturated rings. The summed E-state index contributed by atoms with van der Waals surface area (Å²) in [6.07, 6.45) is 0. The zero-order valence-electron chi connectivity index (χ0n) is 12.4. The van der Waals surface area contributed by atoms with Gasteiger partial charge in [-0.1, -0.05) is 26.0 Å². The Kier molecular flexibility index (Phi) is 6.36. The molecule has 0 aliphatic rings. The lowest BCUT2D eigenvalue weighted by Crippen LogP contribution is -2.34. The molecular weight excluding hydrogens is 238 g/mol. The van der Waals surface area contributed by atoms with Crippen LogP contribution in [0, 0.1) is 0 Å². The van der Waals surface area contributed by atoms with Crippen LogP contribution < -0.4 is 15.5 Å². The van der Waals surface area contributed by atoms with Gasteiger partial charge in [0, 0.05) is 31.9 Å². The van der Waals surface area contributed by atoms with E-state index in [-0.39, 0.29) is 5.91 Å². The average Bonchev–Trinajstić information content (AvgIpc) is 2.37. The van der Waals surface area contributed by atoms with E-state index in [2.05, 4.69) is 48.7 Å². The monoisotopic (exact) mass is 263 g/mol. The summed E-state index contributed by atoms with van der Waals surface area (Å²) in [5.41, 5.74) is 2.31. The molecule has 1 amide bonds. The number of hydrogen-bond acceptors (Lipinski definition) is 3. The van der Waals surface area contributed by atoms with Crippen LogP contribution in [0.25, 0.3) is 0 Å². The van der Waals surface area contributed by atoms with E-state index in [1.807, 2.05) is 18.9 Å². The molecule has 0 aliphatic carbocycles. The van der Waals surface area contributed by atoms with E-state index in [4.69, 9.17) is 0 Å². The summed E-state index contributed by atoms with van der Waals surface area (Å²) in [5.74, 6) is 0.0514. The first-order valence-electron chi connectivity index (χ1n) is 6.83. The van der Waals surface area contributed by atoms with Gasteiger partial charge in [-0.3, -0.25) is 4.79 Å². The molecule has 19 heavy (non-hydrogen) atoms. The lowest BCUT2D eigenvalue weighted by Gasteiger charge is -2.19. The summed E-state index contributed by atoms with van der Waals surface area (Å²) in [6, 6.07) is 8.78. The molecule has 0 aliphatic heterocycles. The molecule has 4 heteroatoms. The molecule has 1 aromatic carbocycles. The number of benzene rings is 1. The number of nitrogens with zero attached hydrogens (tertiary/aromatic N) is 1. The van der Waals surface area contributed by atoms with Crippen molar-refractivity contribution in [2.45, 2.75) is 33.4 Å². The first-order chi connectivity index (χ1) is 9.02. The Bertz CT molecular complexity index is 387. The third kappa shape index (κ3) is 5.75. The van der Waals surface area contributed by atoms with Crippen molar-refractivity contribution in [3.05, 3.63) is 29.8 Å². The molecule has 0 radical (unpaired) electrons. The molecule has 1 aromatic rings. The van der Waals surface area contributed by atoms with E-state index in [0.29, 0.717) is 19.1 Å². The van der Waals surface area contributed by atoms with Crippen LogP contribution in [0.5, 0.6) is 0 Å². The summed E-state index contributed by atoms with van der Waals surface area (Å²) >= 11 is 0. The van der Waals surface area contributed by atoms with Gasteiger partial charge in [-0.25, -0.2) is 0 Å². The van der Waals surface area contributed by atoms with E-state index in [1.54, 1.807) is 0 Å². The second-order valence-electron chi connectivity index (χ2n) is 5.01. The minimum Gasteiger partial charge on any atom is -0.365 e. The van der Waals surface area contributed by atoms with Crippen LogP contribution in [0.2, 0.25) is 0 Å². The van der Waals surface area contributed by atoms with Gasteiger partial charge in [0.05, 0.1) is 6.54 Å². The van der Waals surface area contributed by atoms with Crippen LogP contribution in [0.15, 0.2) is 24.3 Å². The molecule has 106 valence electrons. The normalized spacial score (nSPS) is 10.6. The highest BCUT2D eigenvalue weighted by Crippen LogP contribution is 2.13. The number of nitrogens with one attached hydrogen (secondary N) is 2. The second kappa shape index (κ2) is 7.79. The fourth-order valence-corrected chi connectivity index (χ4v) is 1.75. The number of carbonyl (C=O) groups is 1. The number of likely N-dealkylation sites (N-methyl/N-ethyl adjacent to an activating group) is 2. The van der Waals surface area contributed by atoms with E-state index in [1.165, 1.54) is 5.56 Å². The van der Waals surface area contributed by atoms with Crippen LogP contribution in [0.1, 0.15) is 26.3 Å². The summed E-state index contributed by atoms with van der Waals surface area (Å²) < 4.78 is 0. The molecule has 0 spiro atoms. The molecule has 0 atom stereocenters. The van der Waals surface area contributed by atoms with Crippen molar-refractivity contribution >= 4 is 11.6 Å². The molecule has 1 rings (SSSR count). The quantitative estimate of drug-likeness (QED) is 0.788. The SMILES string of the molecule is CCNC(=O)CN(C)c1ccc(CNC(C)C)cc1. The molecule has 0 heterocycles. The third-order valence-corrected chi connectivity index (χ3v) is 2.85. The van der Waals surface area contributed by atoms with Crippen molar-refractivity contribution in [1.29, 1.82) is 0 Å². The fraction of sp³-hybridized carbons (Fsp3) is 0.533. The Hall–Kier alpha value is -1.55. The molecule has 0 saturated heterocycles. The number of anilines is 1. The van der Waals surface area contributed by atoms with Crippen molar-refractivity contribution in [3.63, 3.8) is 0 Å². The van der Waals surface area contributed by atoms with Crippen molar-refractivity contribution < 1.29 is 4.79 Å². The number of carbonyl (C=O) groups excluding carboxylic acids is 1. The smallest absolute Gasteiger partial charge is 0.239 e. The van der Waals surface area contributed by atoms with Gasteiger partial charge in [-0.15, -0.1) is 0 Å². The van der Waals surface area contributed by atoms with Gasteiger partial charge in [0.15, 0.2) is 0 Å². The fourth-order valence-electron chi connectivity index (χ4n) is 1.75. The van der Waals surface area contributed by atoms with Gasteiger partial charge in [-0.2, -0.15) is 0 Å². The van der Waals surface area contributed by atoms with Gasteiger partial charge < -0.3 is 15.5 Å². The minimum atomic E-state index is 0.0514. The maximum atomic E-state index is 11.5. The Balaban J connectivity index is 2.52. The van der Waals surface area contributed by atoms with E-state index in [9.17, 15) is 4.79 Å². The highest BCUT2D eigenvalue weighted by atomic mass is 16.1. The van der Waals surface area contributed by atoms with E-state index in [0.717, 1.165) is 12.2 Å². The molecule has 0 saturated carbocycles. The van der Waals surface area contributed by atoms with Crippen LogP contribution in [0.4, 0.5) is 5.69 Å². The maximum absolute atomic E-state index is 11.5. The largest absolute Gasteiger partial charge is 0.365 e. The molecule has 0 aromatic heterocycles. The number of hydrogen-bond donors (Lipinski definition) is 2. The van der Waals surface area contributed by atoms with Crippen LogP contribution in [-0.2, 0) is 11.3 Å².